The van der Waals surface area contributed by atoms with E-state index in [2.05, 4.69) is 47.7 Å². The highest BCUT2D eigenvalue weighted by Gasteiger charge is 2.05. The Bertz CT molecular complexity index is 535. The van der Waals surface area contributed by atoms with E-state index in [-0.39, 0.29) is 0 Å². The summed E-state index contributed by atoms with van der Waals surface area (Å²) in [7, 11) is 0. The lowest BCUT2D eigenvalue weighted by Gasteiger charge is -2.07. The second kappa shape index (κ2) is 4.94. The Morgan fingerprint density at radius 1 is 1.00 bits per heavy atom. The van der Waals surface area contributed by atoms with Crippen molar-refractivity contribution < 1.29 is 0 Å². The van der Waals surface area contributed by atoms with Gasteiger partial charge < -0.3 is 0 Å². The van der Waals surface area contributed by atoms with E-state index >= 15 is 0 Å². The molecule has 0 N–H and O–H groups in total. The fourth-order valence-corrected chi connectivity index (χ4v) is 2.27. The molecule has 0 saturated carbocycles. The summed E-state index contributed by atoms with van der Waals surface area (Å²) in [6.07, 6.45) is 0. The van der Waals surface area contributed by atoms with Crippen molar-refractivity contribution in [3.8, 4) is 11.1 Å². The molecule has 0 atom stereocenters. The molecule has 0 spiro atoms. The highest BCUT2D eigenvalue weighted by molar-refractivity contribution is 14.1. The van der Waals surface area contributed by atoms with Crippen LogP contribution in [0.4, 0.5) is 0 Å². The third kappa shape index (κ3) is 2.53. The van der Waals surface area contributed by atoms with E-state index in [1.165, 1.54) is 9.13 Å². The van der Waals surface area contributed by atoms with Crippen LogP contribution in [0, 0.1) is 10.5 Å². The predicted molar refractivity (Wildman–Crippen MR) is 79.4 cm³/mol. The third-order valence-electron chi connectivity index (χ3n) is 2.40. The van der Waals surface area contributed by atoms with Gasteiger partial charge in [-0.3, -0.25) is 0 Å². The molecule has 0 heterocycles. The van der Waals surface area contributed by atoms with Gasteiger partial charge in [0.15, 0.2) is 0 Å². The Morgan fingerprint density at radius 3 is 2.44 bits per heavy atom. The molecule has 0 fully saturated rings. The van der Waals surface area contributed by atoms with E-state index in [1.807, 2.05) is 12.1 Å². The molecule has 0 unspecified atom stereocenters. The molecule has 0 bridgehead atoms. The Balaban J connectivity index is 2.58. The lowest BCUT2D eigenvalue weighted by atomic mass is 10.0. The Morgan fingerprint density at radius 2 is 1.75 bits per heavy atom. The number of aryl methyl sites for hydroxylation is 1. The van der Waals surface area contributed by atoms with Crippen molar-refractivity contribution >= 4 is 45.8 Å². The minimum atomic E-state index is 0.704. The van der Waals surface area contributed by atoms with Crippen molar-refractivity contribution in [1.82, 2.24) is 0 Å². The first-order valence-electron chi connectivity index (χ1n) is 4.79. The first-order chi connectivity index (χ1) is 7.58. The summed E-state index contributed by atoms with van der Waals surface area (Å²) in [6, 6.07) is 11.8. The fraction of sp³-hybridized carbons (Fsp3) is 0.0769. The highest BCUT2D eigenvalue weighted by atomic mass is 127. The van der Waals surface area contributed by atoms with Crippen LogP contribution in [0.1, 0.15) is 5.56 Å². The number of rotatable bonds is 1. The average molecular weight is 363 g/mol. The van der Waals surface area contributed by atoms with Gasteiger partial charge in [-0.15, -0.1) is 0 Å². The first kappa shape index (κ1) is 12.2. The summed E-state index contributed by atoms with van der Waals surface area (Å²) in [4.78, 5) is 0. The smallest absolute Gasteiger partial charge is 0.0485 e. The van der Waals surface area contributed by atoms with E-state index in [0.717, 1.165) is 16.1 Å². The zero-order valence-corrected chi connectivity index (χ0v) is 12.3. The normalized spacial score (nSPS) is 10.5. The Labute approximate surface area is 119 Å². The predicted octanol–water partition coefficient (Wildman–Crippen LogP) is 5.57. The van der Waals surface area contributed by atoms with Crippen molar-refractivity contribution in [1.29, 1.82) is 0 Å². The van der Waals surface area contributed by atoms with Gasteiger partial charge in [0.2, 0.25) is 0 Å². The minimum Gasteiger partial charge on any atom is -0.0843 e. The molecule has 16 heavy (non-hydrogen) atoms. The minimum absolute atomic E-state index is 0.704. The van der Waals surface area contributed by atoms with Crippen LogP contribution in [-0.2, 0) is 0 Å². The molecule has 0 amide bonds. The van der Waals surface area contributed by atoms with Crippen molar-refractivity contribution in [3.05, 3.63) is 55.6 Å². The van der Waals surface area contributed by atoms with Crippen molar-refractivity contribution in [3.63, 3.8) is 0 Å². The Kier molecular flexibility index (Phi) is 3.77. The van der Waals surface area contributed by atoms with E-state index in [0.29, 0.717) is 5.02 Å². The number of benzene rings is 2. The van der Waals surface area contributed by atoms with Gasteiger partial charge in [0.05, 0.1) is 0 Å². The lowest BCUT2D eigenvalue weighted by Crippen LogP contribution is -1.84. The summed E-state index contributed by atoms with van der Waals surface area (Å²) < 4.78 is 1.25. The van der Waals surface area contributed by atoms with Crippen LogP contribution in [0.25, 0.3) is 11.1 Å². The molecule has 0 radical (unpaired) electrons. The van der Waals surface area contributed by atoms with Gasteiger partial charge in [0, 0.05) is 19.2 Å². The molecule has 3 heteroatoms. The fourth-order valence-electron chi connectivity index (χ4n) is 1.53. The summed E-state index contributed by atoms with van der Waals surface area (Å²) in [5.74, 6) is 0. The summed E-state index contributed by atoms with van der Waals surface area (Å²) >= 11 is 14.5. The first-order valence-corrected chi connectivity index (χ1v) is 6.63. The molecule has 0 aliphatic heterocycles. The van der Waals surface area contributed by atoms with Crippen LogP contribution in [0.15, 0.2) is 36.4 Å². The van der Waals surface area contributed by atoms with Gasteiger partial charge in [0.25, 0.3) is 0 Å². The van der Waals surface area contributed by atoms with Crippen LogP contribution in [-0.4, -0.2) is 0 Å². The zero-order chi connectivity index (χ0) is 11.7. The summed E-state index contributed by atoms with van der Waals surface area (Å²) in [5.41, 5.74) is 3.33. The maximum Gasteiger partial charge on any atom is 0.0485 e. The molecule has 0 aliphatic carbocycles. The monoisotopic (exact) mass is 362 g/mol. The molecular weight excluding hydrogens is 354 g/mol. The van der Waals surface area contributed by atoms with Gasteiger partial charge >= 0.3 is 0 Å². The van der Waals surface area contributed by atoms with E-state index < -0.39 is 0 Å². The zero-order valence-electron chi connectivity index (χ0n) is 8.60. The topological polar surface area (TPSA) is 0 Å². The summed E-state index contributed by atoms with van der Waals surface area (Å²) in [6.45, 7) is 2.09. The van der Waals surface area contributed by atoms with Gasteiger partial charge in [-0.2, -0.15) is 0 Å². The van der Waals surface area contributed by atoms with Gasteiger partial charge in [-0.1, -0.05) is 35.3 Å². The quantitative estimate of drug-likeness (QED) is 0.581. The van der Waals surface area contributed by atoms with Gasteiger partial charge in [-0.05, 0) is 64.9 Å². The third-order valence-corrected chi connectivity index (χ3v) is 4.17. The number of hydrogen-bond donors (Lipinski definition) is 0. The summed E-state index contributed by atoms with van der Waals surface area (Å²) in [5, 5.41) is 1.43. The number of halogens is 3. The SMILES string of the molecule is Cc1cc(-c2cc(Cl)ccc2Cl)ccc1I. The maximum absolute atomic E-state index is 6.16. The molecule has 0 saturated heterocycles. The maximum atomic E-state index is 6.16. The van der Waals surface area contributed by atoms with Gasteiger partial charge in [-0.25, -0.2) is 0 Å². The van der Waals surface area contributed by atoms with Crippen molar-refractivity contribution in [2.75, 3.05) is 0 Å². The van der Waals surface area contributed by atoms with Crippen LogP contribution < -0.4 is 0 Å². The molecule has 2 rings (SSSR count). The van der Waals surface area contributed by atoms with E-state index in [4.69, 9.17) is 23.2 Å². The molecule has 2 aromatic carbocycles. The largest absolute Gasteiger partial charge is 0.0843 e. The molecule has 0 aromatic heterocycles. The van der Waals surface area contributed by atoms with Crippen LogP contribution in [0.5, 0.6) is 0 Å². The van der Waals surface area contributed by atoms with E-state index in [9.17, 15) is 0 Å². The molecule has 2 aromatic rings. The second-order valence-electron chi connectivity index (χ2n) is 3.59. The second-order valence-corrected chi connectivity index (χ2v) is 5.59. The van der Waals surface area contributed by atoms with Crippen molar-refractivity contribution in [2.24, 2.45) is 0 Å². The van der Waals surface area contributed by atoms with E-state index in [1.54, 1.807) is 6.07 Å². The van der Waals surface area contributed by atoms with Crippen LogP contribution in [0.3, 0.4) is 0 Å². The number of hydrogen-bond acceptors (Lipinski definition) is 0. The van der Waals surface area contributed by atoms with Crippen molar-refractivity contribution in [2.45, 2.75) is 6.92 Å². The van der Waals surface area contributed by atoms with Crippen LogP contribution in [0.2, 0.25) is 10.0 Å². The highest BCUT2D eigenvalue weighted by Crippen LogP contribution is 2.31. The molecule has 82 valence electrons. The van der Waals surface area contributed by atoms with Crippen LogP contribution >= 0.6 is 45.8 Å². The molecule has 0 aliphatic rings. The standard InChI is InChI=1S/C13H9Cl2I/c1-8-6-9(2-5-13(8)16)11-7-10(14)3-4-12(11)15/h2-7H,1H3. The molecule has 0 nitrogen and oxygen atoms in total. The lowest BCUT2D eigenvalue weighted by molar-refractivity contribution is 1.42. The Hall–Kier alpha value is -0.250. The molecular formula is C13H9Cl2I. The van der Waals surface area contributed by atoms with Gasteiger partial charge in [0.1, 0.15) is 0 Å². The average Bonchev–Trinajstić information content (AvgIpc) is 2.26.